The van der Waals surface area contributed by atoms with E-state index in [1.165, 1.54) is 12.1 Å². The van der Waals surface area contributed by atoms with Crippen LogP contribution in [0.1, 0.15) is 38.0 Å². The van der Waals surface area contributed by atoms with Gasteiger partial charge in [-0.3, -0.25) is 4.79 Å². The van der Waals surface area contributed by atoms with Crippen LogP contribution in [0.4, 0.5) is 5.69 Å². The SMILES string of the molecule is CCO.COc1ccc(CC(C)(C)NCC(O)c2cc(O)cc3c2OCC(=O)N3)cc1. The first-order valence-corrected chi connectivity index (χ1v) is 10.2. The lowest BCUT2D eigenvalue weighted by atomic mass is 9.94. The van der Waals surface area contributed by atoms with Crippen molar-refractivity contribution in [2.75, 3.05) is 32.2 Å². The number of amides is 1. The van der Waals surface area contributed by atoms with Gasteiger partial charge in [-0.2, -0.15) is 0 Å². The Morgan fingerprint density at radius 2 is 1.90 bits per heavy atom. The largest absolute Gasteiger partial charge is 0.508 e. The molecule has 3 rings (SSSR count). The molecule has 2 aromatic rings. The van der Waals surface area contributed by atoms with Crippen LogP contribution in [0.5, 0.6) is 17.2 Å². The van der Waals surface area contributed by atoms with Gasteiger partial charge in [0, 0.05) is 30.3 Å². The summed E-state index contributed by atoms with van der Waals surface area (Å²) in [5.74, 6) is 0.860. The molecule has 0 aliphatic carbocycles. The average molecular weight is 433 g/mol. The normalized spacial score (nSPS) is 13.8. The van der Waals surface area contributed by atoms with Gasteiger partial charge in [-0.25, -0.2) is 0 Å². The maximum absolute atomic E-state index is 11.5. The maximum atomic E-state index is 11.5. The third-order valence-corrected chi connectivity index (χ3v) is 4.66. The number of hydrogen-bond acceptors (Lipinski definition) is 7. The fourth-order valence-electron chi connectivity index (χ4n) is 3.26. The van der Waals surface area contributed by atoms with Crippen molar-refractivity contribution in [2.45, 2.75) is 38.8 Å². The number of methoxy groups -OCH3 is 1. The summed E-state index contributed by atoms with van der Waals surface area (Å²) in [5.41, 5.74) is 1.67. The summed E-state index contributed by atoms with van der Waals surface area (Å²) < 4.78 is 10.7. The molecule has 1 atom stereocenters. The van der Waals surface area contributed by atoms with Gasteiger partial charge in [0.15, 0.2) is 6.61 Å². The van der Waals surface area contributed by atoms with Crippen molar-refractivity contribution in [1.29, 1.82) is 0 Å². The number of carbonyl (C=O) groups excluding carboxylic acids is 1. The number of anilines is 1. The predicted molar refractivity (Wildman–Crippen MR) is 119 cm³/mol. The Kier molecular flexibility index (Phi) is 8.67. The van der Waals surface area contributed by atoms with Crippen LogP contribution in [0.3, 0.4) is 0 Å². The maximum Gasteiger partial charge on any atom is 0.262 e. The van der Waals surface area contributed by atoms with Crippen molar-refractivity contribution in [2.24, 2.45) is 0 Å². The highest BCUT2D eigenvalue weighted by Crippen LogP contribution is 2.38. The van der Waals surface area contributed by atoms with Crippen LogP contribution >= 0.6 is 0 Å². The number of fused-ring (bicyclic) bond motifs is 1. The van der Waals surface area contributed by atoms with Crippen LogP contribution in [0.2, 0.25) is 0 Å². The van der Waals surface area contributed by atoms with E-state index in [-0.39, 0.29) is 37.0 Å². The molecule has 170 valence electrons. The molecule has 0 saturated carbocycles. The standard InChI is InChI=1S/C21H26N2O5.C2H6O/c1-21(2,10-13-4-6-15(27-3)7-5-13)22-11-18(25)16-8-14(24)9-17-20(16)28-12-19(26)23-17;1-2-3/h4-9,18,22,24-25H,10-12H2,1-3H3,(H,23,26);3H,2H2,1H3. The highest BCUT2D eigenvalue weighted by molar-refractivity contribution is 5.96. The molecule has 0 spiro atoms. The zero-order valence-corrected chi connectivity index (χ0v) is 18.4. The summed E-state index contributed by atoms with van der Waals surface area (Å²) in [4.78, 5) is 11.5. The van der Waals surface area contributed by atoms with Crippen LogP contribution in [0.15, 0.2) is 36.4 Å². The fraction of sp³-hybridized carbons (Fsp3) is 0.435. The number of rotatable bonds is 7. The minimum Gasteiger partial charge on any atom is -0.508 e. The molecular formula is C23H32N2O6. The van der Waals surface area contributed by atoms with E-state index in [9.17, 15) is 15.0 Å². The first kappa shape index (κ1) is 24.5. The number of phenolic OH excluding ortho intramolecular Hbond substituents is 1. The summed E-state index contributed by atoms with van der Waals surface area (Å²) in [6.07, 6.45) is -0.153. The smallest absolute Gasteiger partial charge is 0.262 e. The molecule has 0 aromatic heterocycles. The number of phenols is 1. The number of aliphatic hydroxyl groups excluding tert-OH is 2. The summed E-state index contributed by atoms with van der Waals surface area (Å²) in [6, 6.07) is 10.7. The van der Waals surface area contributed by atoms with Crippen molar-refractivity contribution in [3.05, 3.63) is 47.5 Å². The number of nitrogens with one attached hydrogen (secondary N) is 2. The third-order valence-electron chi connectivity index (χ3n) is 4.66. The van der Waals surface area contributed by atoms with Gasteiger partial charge in [0.05, 0.1) is 18.9 Å². The number of aromatic hydroxyl groups is 1. The summed E-state index contributed by atoms with van der Waals surface area (Å²) >= 11 is 0. The number of carbonyl (C=O) groups is 1. The van der Waals surface area contributed by atoms with Gasteiger partial charge >= 0.3 is 0 Å². The van der Waals surface area contributed by atoms with Crippen LogP contribution < -0.4 is 20.1 Å². The molecule has 1 unspecified atom stereocenters. The molecule has 2 aromatic carbocycles. The van der Waals surface area contributed by atoms with Gasteiger partial charge in [0.1, 0.15) is 17.2 Å². The molecule has 0 radical (unpaired) electrons. The van der Waals surface area contributed by atoms with Crippen LogP contribution in [0, 0.1) is 0 Å². The molecule has 8 heteroatoms. The molecule has 31 heavy (non-hydrogen) atoms. The lowest BCUT2D eigenvalue weighted by Gasteiger charge is -2.29. The Balaban J connectivity index is 0.00000107. The number of ether oxygens (including phenoxy) is 2. The van der Waals surface area contributed by atoms with Gasteiger partial charge in [-0.05, 0) is 51.0 Å². The van der Waals surface area contributed by atoms with Crippen molar-refractivity contribution in [3.63, 3.8) is 0 Å². The summed E-state index contributed by atoms with van der Waals surface area (Å²) in [7, 11) is 1.64. The molecule has 1 aliphatic heterocycles. The Bertz CT molecular complexity index is 867. The second-order valence-corrected chi connectivity index (χ2v) is 7.87. The van der Waals surface area contributed by atoms with Gasteiger partial charge in [-0.1, -0.05) is 12.1 Å². The molecule has 1 heterocycles. The number of benzene rings is 2. The number of β-amino-alcohol motifs (C(OH)–C–C–N with tert-alkyl or cyclic N) is 1. The van der Waals surface area contributed by atoms with Crippen molar-refractivity contribution < 1.29 is 29.6 Å². The topological polar surface area (TPSA) is 120 Å². The lowest BCUT2D eigenvalue weighted by molar-refractivity contribution is -0.118. The minimum atomic E-state index is -0.911. The van der Waals surface area contributed by atoms with Crippen LogP contribution in [-0.2, 0) is 11.2 Å². The zero-order chi connectivity index (χ0) is 23.0. The zero-order valence-electron chi connectivity index (χ0n) is 18.4. The Labute approximate surface area is 182 Å². The predicted octanol–water partition coefficient (Wildman–Crippen LogP) is 2.37. The van der Waals surface area contributed by atoms with Crippen molar-refractivity contribution in [3.8, 4) is 17.2 Å². The molecular weight excluding hydrogens is 400 g/mol. The van der Waals surface area contributed by atoms with Gasteiger partial charge in [-0.15, -0.1) is 0 Å². The van der Waals surface area contributed by atoms with Gasteiger partial charge in [0.25, 0.3) is 5.91 Å². The van der Waals surface area contributed by atoms with Gasteiger partial charge < -0.3 is 35.4 Å². The molecule has 0 fully saturated rings. The summed E-state index contributed by atoms with van der Waals surface area (Å²) in [5, 5.41) is 34.2. The van der Waals surface area contributed by atoms with E-state index in [0.717, 1.165) is 17.7 Å². The highest BCUT2D eigenvalue weighted by Gasteiger charge is 2.26. The third kappa shape index (κ3) is 7.13. The van der Waals surface area contributed by atoms with E-state index >= 15 is 0 Å². The van der Waals surface area contributed by atoms with Crippen LogP contribution in [0.25, 0.3) is 0 Å². The first-order chi connectivity index (χ1) is 14.7. The fourth-order valence-corrected chi connectivity index (χ4v) is 3.26. The second-order valence-electron chi connectivity index (χ2n) is 7.87. The molecule has 0 bridgehead atoms. The molecule has 8 nitrogen and oxygen atoms in total. The van der Waals surface area contributed by atoms with E-state index in [4.69, 9.17) is 14.6 Å². The lowest BCUT2D eigenvalue weighted by Crippen LogP contribution is -2.43. The molecule has 1 amide bonds. The summed E-state index contributed by atoms with van der Waals surface area (Å²) in [6.45, 7) is 6.18. The van der Waals surface area contributed by atoms with E-state index in [2.05, 4.69) is 24.5 Å². The van der Waals surface area contributed by atoms with E-state index < -0.39 is 6.10 Å². The first-order valence-electron chi connectivity index (χ1n) is 10.2. The van der Waals surface area contributed by atoms with Gasteiger partial charge in [0.2, 0.25) is 0 Å². The molecule has 1 aliphatic rings. The van der Waals surface area contributed by atoms with E-state index in [0.29, 0.717) is 17.0 Å². The number of aliphatic hydroxyl groups is 2. The average Bonchev–Trinajstić information content (AvgIpc) is 2.72. The van der Waals surface area contributed by atoms with E-state index in [1.807, 2.05) is 24.3 Å². The minimum absolute atomic E-state index is 0.0453. The molecule has 5 N–H and O–H groups in total. The highest BCUT2D eigenvalue weighted by atomic mass is 16.5. The monoisotopic (exact) mass is 432 g/mol. The van der Waals surface area contributed by atoms with Crippen molar-refractivity contribution in [1.82, 2.24) is 5.32 Å². The Morgan fingerprint density at radius 1 is 1.26 bits per heavy atom. The van der Waals surface area contributed by atoms with Crippen molar-refractivity contribution >= 4 is 11.6 Å². The van der Waals surface area contributed by atoms with Crippen LogP contribution in [-0.4, -0.2) is 53.6 Å². The molecule has 0 saturated heterocycles. The Hall–Kier alpha value is -2.81. The number of hydrogen-bond donors (Lipinski definition) is 5. The quantitative estimate of drug-likeness (QED) is 0.456. The van der Waals surface area contributed by atoms with E-state index in [1.54, 1.807) is 14.0 Å². The second kappa shape index (κ2) is 11.0. The Morgan fingerprint density at radius 3 is 2.52 bits per heavy atom.